The Balaban J connectivity index is 1.41. The minimum atomic E-state index is -4.10. The minimum absolute atomic E-state index is 0.123. The Labute approximate surface area is 168 Å². The predicted octanol–water partition coefficient (Wildman–Crippen LogP) is 2.25. The number of anilines is 1. The molecule has 3 heterocycles. The van der Waals surface area contributed by atoms with Crippen LogP contribution in [0, 0.1) is 6.92 Å². The first kappa shape index (κ1) is 18.4. The number of amides is 2. The number of nitrogens with one attached hydrogen (secondary N) is 2. The van der Waals surface area contributed by atoms with Gasteiger partial charge >= 0.3 is 6.03 Å². The minimum Gasteiger partial charge on any atom is -0.477 e. The Morgan fingerprint density at radius 3 is 2.90 bits per heavy atom. The van der Waals surface area contributed by atoms with E-state index in [1.165, 1.54) is 10.9 Å². The van der Waals surface area contributed by atoms with Crippen LogP contribution in [0.25, 0.3) is 0 Å². The second kappa shape index (κ2) is 6.72. The lowest BCUT2D eigenvalue weighted by molar-refractivity contribution is 0.224. The number of pyridine rings is 1. The number of aromatic nitrogens is 3. The first-order chi connectivity index (χ1) is 13.9. The van der Waals surface area contributed by atoms with Crippen molar-refractivity contribution in [1.29, 1.82) is 0 Å². The molecule has 0 radical (unpaired) electrons. The van der Waals surface area contributed by atoms with E-state index in [0.29, 0.717) is 24.8 Å². The number of carbonyl (C=O) groups is 1. The zero-order chi connectivity index (χ0) is 20.2. The summed E-state index contributed by atoms with van der Waals surface area (Å²) in [5.41, 5.74) is 4.71. The zero-order valence-corrected chi connectivity index (χ0v) is 17.0. The molecule has 0 aromatic carbocycles. The van der Waals surface area contributed by atoms with E-state index in [-0.39, 0.29) is 10.8 Å². The van der Waals surface area contributed by atoms with Gasteiger partial charge in [-0.15, -0.1) is 0 Å². The molecule has 1 saturated carbocycles. The van der Waals surface area contributed by atoms with Crippen LogP contribution in [-0.4, -0.2) is 35.8 Å². The topological polar surface area (TPSA) is 115 Å². The molecule has 0 spiro atoms. The van der Waals surface area contributed by atoms with Crippen molar-refractivity contribution >= 4 is 21.7 Å². The lowest BCUT2D eigenvalue weighted by Crippen LogP contribution is -2.35. The van der Waals surface area contributed by atoms with Gasteiger partial charge in [-0.25, -0.2) is 22.6 Å². The second-order valence-electron chi connectivity index (χ2n) is 7.85. The van der Waals surface area contributed by atoms with E-state index in [0.717, 1.165) is 61.0 Å². The quantitative estimate of drug-likeness (QED) is 0.788. The van der Waals surface area contributed by atoms with Gasteiger partial charge in [-0.1, -0.05) is 0 Å². The first-order valence-corrected chi connectivity index (χ1v) is 11.5. The summed E-state index contributed by atoms with van der Waals surface area (Å²) in [6.07, 6.45) is 6.92. The lowest BCUT2D eigenvalue weighted by atomic mass is 10.0. The predicted molar refractivity (Wildman–Crippen MR) is 105 cm³/mol. The van der Waals surface area contributed by atoms with Crippen LogP contribution in [0.1, 0.15) is 54.1 Å². The monoisotopic (exact) mass is 417 g/mol. The van der Waals surface area contributed by atoms with Gasteiger partial charge in [0.05, 0.1) is 18.5 Å². The second-order valence-corrected chi connectivity index (χ2v) is 9.50. The number of hydrogen-bond donors (Lipinski definition) is 2. The number of rotatable bonds is 4. The maximum atomic E-state index is 12.8. The number of ether oxygens (including phenoxy) is 1. The van der Waals surface area contributed by atoms with Crippen LogP contribution in [0.3, 0.4) is 0 Å². The number of hydrogen-bond acceptors (Lipinski definition) is 6. The number of aryl methyl sites for hydroxylation is 2. The normalized spacial score (nSPS) is 18.0. The fourth-order valence-corrected chi connectivity index (χ4v) is 5.16. The van der Waals surface area contributed by atoms with Gasteiger partial charge in [-0.2, -0.15) is 5.10 Å². The molecule has 9 nitrogen and oxygen atoms in total. The van der Waals surface area contributed by atoms with Gasteiger partial charge in [0.1, 0.15) is 0 Å². The van der Waals surface area contributed by atoms with Crippen molar-refractivity contribution in [2.45, 2.75) is 62.8 Å². The van der Waals surface area contributed by atoms with Crippen LogP contribution >= 0.6 is 0 Å². The number of sulfonamides is 1. The molecule has 0 bridgehead atoms. The Bertz CT molecular complexity index is 1100. The van der Waals surface area contributed by atoms with Crippen molar-refractivity contribution in [3.8, 4) is 5.88 Å². The molecule has 2 N–H and O–H groups in total. The highest BCUT2D eigenvalue weighted by Gasteiger charge is 2.32. The Kier molecular flexibility index (Phi) is 4.27. The summed E-state index contributed by atoms with van der Waals surface area (Å²) in [5.74, 6) is 0.623. The van der Waals surface area contributed by atoms with E-state index >= 15 is 0 Å². The Morgan fingerprint density at radius 1 is 1.28 bits per heavy atom. The average molecular weight is 417 g/mol. The molecule has 3 aliphatic rings. The van der Waals surface area contributed by atoms with Crippen molar-refractivity contribution in [1.82, 2.24) is 19.5 Å². The van der Waals surface area contributed by atoms with Gasteiger partial charge in [0, 0.05) is 30.3 Å². The fourth-order valence-electron chi connectivity index (χ4n) is 4.17. The van der Waals surface area contributed by atoms with Crippen LogP contribution in [0.15, 0.2) is 11.1 Å². The maximum Gasteiger partial charge on any atom is 0.333 e. The molecule has 1 fully saturated rings. The zero-order valence-electron chi connectivity index (χ0n) is 16.2. The van der Waals surface area contributed by atoms with Gasteiger partial charge in [0.15, 0.2) is 4.90 Å². The highest BCUT2D eigenvalue weighted by Crippen LogP contribution is 2.44. The van der Waals surface area contributed by atoms with Crippen molar-refractivity contribution in [3.63, 3.8) is 0 Å². The summed E-state index contributed by atoms with van der Waals surface area (Å²) in [6, 6.07) is -0.786. The summed E-state index contributed by atoms with van der Waals surface area (Å²) in [4.78, 5) is 17.4. The maximum absolute atomic E-state index is 12.8. The molecule has 2 aliphatic carbocycles. The van der Waals surface area contributed by atoms with Crippen molar-refractivity contribution in [2.75, 3.05) is 11.9 Å². The third-order valence-electron chi connectivity index (χ3n) is 5.74. The van der Waals surface area contributed by atoms with Crippen LogP contribution in [0.2, 0.25) is 0 Å². The van der Waals surface area contributed by atoms with E-state index in [1.807, 2.05) is 6.92 Å². The van der Waals surface area contributed by atoms with Crippen LogP contribution in [0.4, 0.5) is 10.5 Å². The average Bonchev–Trinajstić information content (AvgIpc) is 3.24. The van der Waals surface area contributed by atoms with E-state index < -0.39 is 16.1 Å². The number of carbonyl (C=O) groups excluding carboxylic acids is 1. The molecule has 10 heteroatoms. The van der Waals surface area contributed by atoms with Crippen molar-refractivity contribution in [2.24, 2.45) is 0 Å². The summed E-state index contributed by atoms with van der Waals surface area (Å²) in [6.45, 7) is 2.96. The van der Waals surface area contributed by atoms with Gasteiger partial charge < -0.3 is 10.1 Å². The van der Waals surface area contributed by atoms with Crippen molar-refractivity contribution in [3.05, 3.63) is 28.7 Å². The summed E-state index contributed by atoms with van der Waals surface area (Å²) >= 11 is 0. The first-order valence-electron chi connectivity index (χ1n) is 9.98. The molecule has 1 aliphatic heterocycles. The highest BCUT2D eigenvalue weighted by molar-refractivity contribution is 7.90. The molecule has 0 atom stereocenters. The third kappa shape index (κ3) is 3.25. The molecule has 29 heavy (non-hydrogen) atoms. The molecule has 2 aromatic rings. The van der Waals surface area contributed by atoms with Gasteiger partial charge in [0.2, 0.25) is 5.88 Å². The molecule has 0 saturated heterocycles. The summed E-state index contributed by atoms with van der Waals surface area (Å²) in [7, 11) is -4.10. The molecule has 154 valence electrons. The van der Waals surface area contributed by atoms with E-state index in [9.17, 15) is 13.2 Å². The number of urea groups is 1. The largest absolute Gasteiger partial charge is 0.477 e. The standard InChI is InChI=1S/C19H23N5O4S/c1-11-16(12-6-7-12)21-14-5-2-4-13(14)17(11)22-19(25)23-29(26,27)15-10-20-24-8-3-9-28-18(15)24/h10,12H,2-9H2,1H3,(H2,21,22,23,25). The highest BCUT2D eigenvalue weighted by atomic mass is 32.2. The smallest absolute Gasteiger partial charge is 0.333 e. The van der Waals surface area contributed by atoms with Gasteiger partial charge in [0.25, 0.3) is 10.0 Å². The molecule has 5 rings (SSSR count). The molecular formula is C19H23N5O4S. The SMILES string of the molecule is Cc1c(C2CC2)nc2c(c1NC(=O)NS(=O)(=O)c1cnn3c1OCCC3)CCC2. The van der Waals surface area contributed by atoms with Gasteiger partial charge in [-0.3, -0.25) is 4.98 Å². The molecular weight excluding hydrogens is 394 g/mol. The third-order valence-corrected chi connectivity index (χ3v) is 7.05. The van der Waals surface area contributed by atoms with Crippen LogP contribution in [0.5, 0.6) is 5.88 Å². The Hall–Kier alpha value is -2.62. The summed E-state index contributed by atoms with van der Waals surface area (Å²) < 4.78 is 34.6. The van der Waals surface area contributed by atoms with E-state index in [1.54, 1.807) is 0 Å². The summed E-state index contributed by atoms with van der Waals surface area (Å²) in [5, 5.41) is 6.84. The Morgan fingerprint density at radius 2 is 2.10 bits per heavy atom. The van der Waals surface area contributed by atoms with E-state index in [4.69, 9.17) is 9.72 Å². The molecule has 2 aromatic heterocycles. The lowest BCUT2D eigenvalue weighted by Gasteiger charge is -2.18. The number of nitrogens with zero attached hydrogens (tertiary/aromatic N) is 3. The van der Waals surface area contributed by atoms with Gasteiger partial charge in [-0.05, 0) is 50.2 Å². The van der Waals surface area contributed by atoms with E-state index in [2.05, 4.69) is 15.1 Å². The molecule has 2 amide bonds. The fraction of sp³-hybridized carbons (Fsp3) is 0.526. The number of fused-ring (bicyclic) bond motifs is 2. The van der Waals surface area contributed by atoms with Crippen molar-refractivity contribution < 1.29 is 17.9 Å². The van der Waals surface area contributed by atoms with Crippen LogP contribution in [-0.2, 0) is 29.4 Å². The molecule has 0 unspecified atom stereocenters. The van der Waals surface area contributed by atoms with Crippen LogP contribution < -0.4 is 14.8 Å².